The summed E-state index contributed by atoms with van der Waals surface area (Å²) in [5.74, 6) is 0.559. The fraction of sp³-hybridized carbons (Fsp3) is 0.222. The van der Waals surface area contributed by atoms with Crippen LogP contribution in [0.15, 0.2) is 48.6 Å². The molecule has 0 amide bonds. The van der Waals surface area contributed by atoms with Crippen LogP contribution in [0.1, 0.15) is 29.5 Å². The molecular formula is C18H14Cl2N2O2. The zero-order valence-corrected chi connectivity index (χ0v) is 14.1. The lowest BCUT2D eigenvalue weighted by atomic mass is 9.77. The van der Waals surface area contributed by atoms with Crippen molar-refractivity contribution < 1.29 is 4.92 Å². The predicted octanol–water partition coefficient (Wildman–Crippen LogP) is 5.73. The van der Waals surface area contributed by atoms with Crippen LogP contribution in [0.3, 0.4) is 0 Å². The highest BCUT2D eigenvalue weighted by Gasteiger charge is 2.39. The molecule has 0 radical (unpaired) electrons. The molecule has 24 heavy (non-hydrogen) atoms. The molecule has 6 heteroatoms. The third-order valence-corrected chi connectivity index (χ3v) is 5.37. The lowest BCUT2D eigenvalue weighted by Crippen LogP contribution is -2.29. The first-order chi connectivity index (χ1) is 11.5. The van der Waals surface area contributed by atoms with E-state index in [9.17, 15) is 10.1 Å². The van der Waals surface area contributed by atoms with Crippen LogP contribution in [0.2, 0.25) is 10.0 Å². The van der Waals surface area contributed by atoms with Gasteiger partial charge in [-0.2, -0.15) is 0 Å². The Kier molecular flexibility index (Phi) is 3.74. The molecule has 4 nitrogen and oxygen atoms in total. The Morgan fingerprint density at radius 3 is 2.62 bits per heavy atom. The number of allylic oxidation sites excluding steroid dienone is 2. The number of nitro benzene ring substituents is 1. The molecule has 1 aliphatic heterocycles. The molecule has 2 aromatic rings. The number of rotatable bonds is 2. The molecule has 1 N–H and O–H groups in total. The summed E-state index contributed by atoms with van der Waals surface area (Å²) >= 11 is 12.6. The number of nitrogens with one attached hydrogen (secondary N) is 1. The van der Waals surface area contributed by atoms with E-state index in [1.807, 2.05) is 18.2 Å². The van der Waals surface area contributed by atoms with E-state index in [1.54, 1.807) is 18.2 Å². The molecule has 0 saturated carbocycles. The molecule has 3 atom stereocenters. The van der Waals surface area contributed by atoms with E-state index in [0.717, 1.165) is 23.2 Å². The van der Waals surface area contributed by atoms with Crippen molar-refractivity contribution >= 4 is 34.6 Å². The molecule has 0 spiro atoms. The van der Waals surface area contributed by atoms with Crippen LogP contribution in [0.5, 0.6) is 0 Å². The minimum Gasteiger partial charge on any atom is -0.378 e. The Balaban J connectivity index is 1.76. The SMILES string of the molecule is O=[N+]([O-])c1ccc([C@@H]2Nc3cc(Cl)cc(Cl)c3[C@H]3C=CC[C@H]32)cc1. The summed E-state index contributed by atoms with van der Waals surface area (Å²) in [6.07, 6.45) is 5.32. The Labute approximate surface area is 149 Å². The Bertz CT molecular complexity index is 849. The second kappa shape index (κ2) is 5.80. The van der Waals surface area contributed by atoms with E-state index in [2.05, 4.69) is 17.5 Å². The number of hydrogen-bond acceptors (Lipinski definition) is 3. The van der Waals surface area contributed by atoms with Crippen LogP contribution < -0.4 is 5.32 Å². The number of hydrogen-bond donors (Lipinski definition) is 1. The van der Waals surface area contributed by atoms with Crippen molar-refractivity contribution in [2.75, 3.05) is 5.32 Å². The number of nitrogens with zero attached hydrogens (tertiary/aromatic N) is 1. The quantitative estimate of drug-likeness (QED) is 0.422. The summed E-state index contributed by atoms with van der Waals surface area (Å²) in [6.45, 7) is 0. The molecule has 122 valence electrons. The van der Waals surface area contributed by atoms with Gasteiger partial charge in [0.1, 0.15) is 0 Å². The van der Waals surface area contributed by atoms with Crippen molar-refractivity contribution in [3.05, 3.63) is 79.8 Å². The summed E-state index contributed by atoms with van der Waals surface area (Å²) in [7, 11) is 0. The summed E-state index contributed by atoms with van der Waals surface area (Å²) in [5, 5.41) is 15.7. The highest BCUT2D eigenvalue weighted by Crippen LogP contribution is 2.52. The van der Waals surface area contributed by atoms with Crippen molar-refractivity contribution in [3.8, 4) is 0 Å². The van der Waals surface area contributed by atoms with Crippen molar-refractivity contribution in [2.24, 2.45) is 5.92 Å². The van der Waals surface area contributed by atoms with Crippen molar-refractivity contribution in [3.63, 3.8) is 0 Å². The molecule has 0 fully saturated rings. The normalized spacial score (nSPS) is 24.2. The predicted molar refractivity (Wildman–Crippen MR) is 95.9 cm³/mol. The van der Waals surface area contributed by atoms with Gasteiger partial charge in [-0.1, -0.05) is 47.5 Å². The zero-order chi connectivity index (χ0) is 16.8. The van der Waals surface area contributed by atoms with Gasteiger partial charge in [-0.3, -0.25) is 10.1 Å². The zero-order valence-electron chi connectivity index (χ0n) is 12.6. The lowest BCUT2D eigenvalue weighted by molar-refractivity contribution is -0.384. The van der Waals surface area contributed by atoms with Crippen LogP contribution in [0.25, 0.3) is 0 Å². The number of benzene rings is 2. The number of halogens is 2. The fourth-order valence-electron chi connectivity index (χ4n) is 3.78. The van der Waals surface area contributed by atoms with Gasteiger partial charge >= 0.3 is 0 Å². The summed E-state index contributed by atoms with van der Waals surface area (Å²) in [5.41, 5.74) is 3.14. The molecule has 0 saturated heterocycles. The van der Waals surface area contributed by atoms with Crippen LogP contribution in [-0.4, -0.2) is 4.92 Å². The fourth-order valence-corrected chi connectivity index (χ4v) is 4.40. The first kappa shape index (κ1) is 15.5. The Morgan fingerprint density at radius 1 is 1.17 bits per heavy atom. The van der Waals surface area contributed by atoms with E-state index < -0.39 is 0 Å². The first-order valence-corrected chi connectivity index (χ1v) is 8.46. The van der Waals surface area contributed by atoms with E-state index in [1.165, 1.54) is 0 Å². The monoisotopic (exact) mass is 360 g/mol. The van der Waals surface area contributed by atoms with E-state index >= 15 is 0 Å². The number of fused-ring (bicyclic) bond motifs is 3. The van der Waals surface area contributed by atoms with Crippen molar-refractivity contribution in [1.82, 2.24) is 0 Å². The maximum absolute atomic E-state index is 10.9. The smallest absolute Gasteiger partial charge is 0.269 e. The molecule has 2 aliphatic rings. The largest absolute Gasteiger partial charge is 0.378 e. The van der Waals surface area contributed by atoms with Gasteiger partial charge in [0.05, 0.1) is 11.0 Å². The van der Waals surface area contributed by atoms with E-state index in [0.29, 0.717) is 16.0 Å². The Hall–Kier alpha value is -2.04. The number of nitro groups is 1. The maximum atomic E-state index is 10.9. The van der Waals surface area contributed by atoms with Crippen LogP contribution in [-0.2, 0) is 0 Å². The lowest BCUT2D eigenvalue weighted by Gasteiger charge is -2.38. The van der Waals surface area contributed by atoms with Gasteiger partial charge in [0.15, 0.2) is 0 Å². The van der Waals surface area contributed by atoms with Crippen molar-refractivity contribution in [2.45, 2.75) is 18.4 Å². The van der Waals surface area contributed by atoms with Crippen LogP contribution in [0.4, 0.5) is 11.4 Å². The van der Waals surface area contributed by atoms with Gasteiger partial charge in [0.2, 0.25) is 0 Å². The van der Waals surface area contributed by atoms with Gasteiger partial charge in [-0.05, 0) is 30.0 Å². The Morgan fingerprint density at radius 2 is 1.92 bits per heavy atom. The molecule has 1 aliphatic carbocycles. The third kappa shape index (κ3) is 2.46. The first-order valence-electron chi connectivity index (χ1n) is 7.71. The number of non-ortho nitro benzene ring substituents is 1. The number of anilines is 1. The standard InChI is InChI=1S/C18H14Cl2N2O2/c19-11-8-15(20)17-13-2-1-3-14(13)18(21-16(17)9-11)10-4-6-12(7-5-10)22(23)24/h1-2,4-9,13-14,18,21H,3H2/t13-,14+,18-/m0/s1. The average molecular weight is 361 g/mol. The molecule has 0 aromatic heterocycles. The highest BCUT2D eigenvalue weighted by molar-refractivity contribution is 6.35. The molecule has 0 unspecified atom stereocenters. The maximum Gasteiger partial charge on any atom is 0.269 e. The van der Waals surface area contributed by atoms with Crippen molar-refractivity contribution in [1.29, 1.82) is 0 Å². The van der Waals surface area contributed by atoms with Gasteiger partial charge in [-0.15, -0.1) is 0 Å². The van der Waals surface area contributed by atoms with Crippen LogP contribution >= 0.6 is 23.2 Å². The molecule has 0 bridgehead atoms. The van der Waals surface area contributed by atoms with Gasteiger partial charge in [0.25, 0.3) is 5.69 Å². The molecular weight excluding hydrogens is 347 g/mol. The summed E-state index contributed by atoms with van der Waals surface area (Å²) in [4.78, 5) is 10.5. The molecule has 4 rings (SSSR count). The van der Waals surface area contributed by atoms with Gasteiger partial charge < -0.3 is 5.32 Å². The van der Waals surface area contributed by atoms with Gasteiger partial charge in [0, 0.05) is 39.3 Å². The summed E-state index contributed by atoms with van der Waals surface area (Å²) < 4.78 is 0. The second-order valence-electron chi connectivity index (χ2n) is 6.17. The molecule has 1 heterocycles. The minimum absolute atomic E-state index is 0.0628. The summed E-state index contributed by atoms with van der Waals surface area (Å²) in [6, 6.07) is 10.5. The van der Waals surface area contributed by atoms with Gasteiger partial charge in [-0.25, -0.2) is 0 Å². The third-order valence-electron chi connectivity index (χ3n) is 4.84. The average Bonchev–Trinajstić information content (AvgIpc) is 3.02. The molecule has 2 aromatic carbocycles. The van der Waals surface area contributed by atoms with Crippen LogP contribution in [0, 0.1) is 16.0 Å². The second-order valence-corrected chi connectivity index (χ2v) is 7.02. The van der Waals surface area contributed by atoms with E-state index in [-0.39, 0.29) is 22.6 Å². The minimum atomic E-state index is -0.382. The topological polar surface area (TPSA) is 55.2 Å². The highest BCUT2D eigenvalue weighted by atomic mass is 35.5. The van der Waals surface area contributed by atoms with E-state index in [4.69, 9.17) is 23.2 Å².